The van der Waals surface area contributed by atoms with E-state index < -0.39 is 0 Å². The van der Waals surface area contributed by atoms with Gasteiger partial charge in [-0.2, -0.15) is 0 Å². The van der Waals surface area contributed by atoms with Gasteiger partial charge in [-0.3, -0.25) is 0 Å². The summed E-state index contributed by atoms with van der Waals surface area (Å²) in [5, 5.41) is 0. The maximum Gasteiger partial charge on any atom is 0.293 e. The molecule has 2 aromatic rings. The second-order valence-electron chi connectivity index (χ2n) is 3.87. The van der Waals surface area contributed by atoms with Gasteiger partial charge in [0.05, 0.1) is 26.1 Å². The van der Waals surface area contributed by atoms with Gasteiger partial charge in [-0.1, -0.05) is 0 Å². The number of H-pyrrole nitrogens is 1. The lowest BCUT2D eigenvalue weighted by Gasteiger charge is -2.11. The first-order valence-electron chi connectivity index (χ1n) is 5.41. The van der Waals surface area contributed by atoms with Crippen molar-refractivity contribution in [1.82, 2.24) is 9.97 Å². The third kappa shape index (κ3) is 1.98. The minimum atomic E-state index is 0.521. The van der Waals surface area contributed by atoms with Crippen molar-refractivity contribution >= 4 is 0 Å². The average Bonchev–Trinajstić information content (AvgIpc) is 2.81. The van der Waals surface area contributed by atoms with Crippen LogP contribution in [0.1, 0.15) is 11.1 Å². The number of methoxy groups -OCH3 is 2. The summed E-state index contributed by atoms with van der Waals surface area (Å²) in [5.74, 6) is 0.901. The van der Waals surface area contributed by atoms with Crippen LogP contribution in [0.4, 0.5) is 0 Å². The number of aromatic amines is 1. The SMILES string of the molecule is COc1ncc(-c2ccc(OC)c(C)c2C)[nH]1. The van der Waals surface area contributed by atoms with E-state index >= 15 is 0 Å². The zero-order valence-electron chi connectivity index (χ0n) is 10.5. The average molecular weight is 232 g/mol. The molecule has 0 aliphatic carbocycles. The predicted molar refractivity (Wildman–Crippen MR) is 66.6 cm³/mol. The predicted octanol–water partition coefficient (Wildman–Crippen LogP) is 2.71. The van der Waals surface area contributed by atoms with E-state index in [1.54, 1.807) is 20.4 Å². The number of hydrogen-bond acceptors (Lipinski definition) is 3. The van der Waals surface area contributed by atoms with Gasteiger partial charge in [0.25, 0.3) is 6.01 Å². The van der Waals surface area contributed by atoms with Crippen molar-refractivity contribution in [3.8, 4) is 23.0 Å². The van der Waals surface area contributed by atoms with Gasteiger partial charge in [-0.25, -0.2) is 4.98 Å². The van der Waals surface area contributed by atoms with Crippen LogP contribution in [0.15, 0.2) is 18.3 Å². The Morgan fingerprint density at radius 2 is 1.82 bits per heavy atom. The molecule has 1 aromatic carbocycles. The van der Waals surface area contributed by atoms with Crippen LogP contribution >= 0.6 is 0 Å². The second kappa shape index (κ2) is 4.49. The Hall–Kier alpha value is -1.97. The van der Waals surface area contributed by atoms with Crippen LogP contribution < -0.4 is 9.47 Å². The molecule has 0 radical (unpaired) electrons. The molecular formula is C13H16N2O2. The molecule has 4 nitrogen and oxygen atoms in total. The molecule has 0 atom stereocenters. The van der Waals surface area contributed by atoms with Gasteiger partial charge in [0.1, 0.15) is 5.75 Å². The molecule has 0 bridgehead atoms. The van der Waals surface area contributed by atoms with Gasteiger partial charge in [0.2, 0.25) is 0 Å². The van der Waals surface area contributed by atoms with E-state index in [0.29, 0.717) is 6.01 Å². The quantitative estimate of drug-likeness (QED) is 0.885. The molecule has 4 heteroatoms. The molecular weight excluding hydrogens is 216 g/mol. The summed E-state index contributed by atoms with van der Waals surface area (Å²) in [6, 6.07) is 4.51. The van der Waals surface area contributed by atoms with Crippen molar-refractivity contribution in [1.29, 1.82) is 0 Å². The van der Waals surface area contributed by atoms with Crippen molar-refractivity contribution in [2.45, 2.75) is 13.8 Å². The van der Waals surface area contributed by atoms with E-state index in [1.165, 1.54) is 5.56 Å². The Balaban J connectivity index is 2.49. The minimum absolute atomic E-state index is 0.521. The summed E-state index contributed by atoms with van der Waals surface area (Å²) < 4.78 is 10.3. The molecule has 1 N–H and O–H groups in total. The highest BCUT2D eigenvalue weighted by Crippen LogP contribution is 2.30. The fourth-order valence-electron chi connectivity index (χ4n) is 1.85. The van der Waals surface area contributed by atoms with Crippen LogP contribution in [0.5, 0.6) is 11.8 Å². The van der Waals surface area contributed by atoms with E-state index in [-0.39, 0.29) is 0 Å². The van der Waals surface area contributed by atoms with E-state index in [9.17, 15) is 0 Å². The molecule has 1 heterocycles. The Labute approximate surface area is 101 Å². The molecule has 0 aliphatic heterocycles. The van der Waals surface area contributed by atoms with Crippen LogP contribution in [0.3, 0.4) is 0 Å². The third-order valence-corrected chi connectivity index (χ3v) is 2.99. The monoisotopic (exact) mass is 232 g/mol. The molecule has 0 saturated heterocycles. The van der Waals surface area contributed by atoms with Crippen molar-refractivity contribution in [2.75, 3.05) is 14.2 Å². The number of nitrogens with zero attached hydrogens (tertiary/aromatic N) is 1. The molecule has 0 spiro atoms. The van der Waals surface area contributed by atoms with Crippen molar-refractivity contribution in [3.63, 3.8) is 0 Å². The van der Waals surface area contributed by atoms with Crippen molar-refractivity contribution < 1.29 is 9.47 Å². The van der Waals surface area contributed by atoms with Gasteiger partial charge < -0.3 is 14.5 Å². The first-order chi connectivity index (χ1) is 8.17. The number of imidazole rings is 1. The highest BCUT2D eigenvalue weighted by molar-refractivity contribution is 5.67. The Morgan fingerprint density at radius 3 is 2.41 bits per heavy atom. The summed E-state index contributed by atoms with van der Waals surface area (Å²) >= 11 is 0. The van der Waals surface area contributed by atoms with Gasteiger partial charge >= 0.3 is 0 Å². The molecule has 0 saturated carbocycles. The lowest BCUT2D eigenvalue weighted by molar-refractivity contribution is 0.384. The number of hydrogen-bond donors (Lipinski definition) is 1. The van der Waals surface area contributed by atoms with E-state index in [4.69, 9.17) is 9.47 Å². The molecule has 0 amide bonds. The van der Waals surface area contributed by atoms with Crippen molar-refractivity contribution in [2.24, 2.45) is 0 Å². The normalized spacial score (nSPS) is 10.4. The largest absolute Gasteiger partial charge is 0.496 e. The highest BCUT2D eigenvalue weighted by atomic mass is 16.5. The first-order valence-corrected chi connectivity index (χ1v) is 5.41. The van der Waals surface area contributed by atoms with Crippen LogP contribution in [0.25, 0.3) is 11.3 Å². The van der Waals surface area contributed by atoms with Gasteiger partial charge in [-0.05, 0) is 37.1 Å². The van der Waals surface area contributed by atoms with Crippen LogP contribution in [-0.2, 0) is 0 Å². The minimum Gasteiger partial charge on any atom is -0.496 e. The summed E-state index contributed by atoms with van der Waals surface area (Å²) in [6.45, 7) is 4.12. The van der Waals surface area contributed by atoms with Gasteiger partial charge in [0, 0.05) is 5.56 Å². The maximum absolute atomic E-state index is 5.29. The van der Waals surface area contributed by atoms with Gasteiger partial charge in [-0.15, -0.1) is 0 Å². The topological polar surface area (TPSA) is 47.1 Å². The first kappa shape index (κ1) is 11.5. The summed E-state index contributed by atoms with van der Waals surface area (Å²) in [7, 11) is 3.27. The molecule has 0 aliphatic rings. The molecule has 17 heavy (non-hydrogen) atoms. The number of rotatable bonds is 3. The van der Waals surface area contributed by atoms with E-state index in [2.05, 4.69) is 16.9 Å². The lowest BCUT2D eigenvalue weighted by atomic mass is 10.0. The summed E-state index contributed by atoms with van der Waals surface area (Å²) in [4.78, 5) is 7.23. The Bertz CT molecular complexity index is 532. The van der Waals surface area contributed by atoms with Crippen LogP contribution in [-0.4, -0.2) is 24.2 Å². The van der Waals surface area contributed by atoms with Crippen LogP contribution in [0, 0.1) is 13.8 Å². The molecule has 90 valence electrons. The number of ether oxygens (including phenoxy) is 2. The standard InChI is InChI=1S/C13H16N2O2/c1-8-9(2)12(16-3)6-5-10(8)11-7-14-13(15-11)17-4/h5-7H,1-4H3,(H,14,15). The number of aromatic nitrogens is 2. The van der Waals surface area contributed by atoms with E-state index in [1.807, 2.05) is 19.1 Å². The Morgan fingerprint density at radius 1 is 1.06 bits per heavy atom. The summed E-state index contributed by atoms with van der Waals surface area (Å²) in [6.07, 6.45) is 1.77. The summed E-state index contributed by atoms with van der Waals surface area (Å²) in [5.41, 5.74) is 4.37. The zero-order chi connectivity index (χ0) is 12.4. The fraction of sp³-hybridized carbons (Fsp3) is 0.308. The van der Waals surface area contributed by atoms with Crippen LogP contribution in [0.2, 0.25) is 0 Å². The lowest BCUT2D eigenvalue weighted by Crippen LogP contribution is -1.93. The van der Waals surface area contributed by atoms with Crippen molar-refractivity contribution in [3.05, 3.63) is 29.5 Å². The fourth-order valence-corrected chi connectivity index (χ4v) is 1.85. The molecule has 0 fully saturated rings. The Kier molecular flexibility index (Phi) is 3.04. The van der Waals surface area contributed by atoms with E-state index in [0.717, 1.165) is 22.6 Å². The zero-order valence-corrected chi connectivity index (χ0v) is 10.5. The molecule has 2 rings (SSSR count). The highest BCUT2D eigenvalue weighted by Gasteiger charge is 2.10. The smallest absolute Gasteiger partial charge is 0.293 e. The second-order valence-corrected chi connectivity index (χ2v) is 3.87. The molecule has 0 unspecified atom stereocenters. The number of benzene rings is 1. The third-order valence-electron chi connectivity index (χ3n) is 2.99. The molecule has 1 aromatic heterocycles. The maximum atomic E-state index is 5.29. The van der Waals surface area contributed by atoms with Gasteiger partial charge in [0.15, 0.2) is 0 Å². The number of nitrogens with one attached hydrogen (secondary N) is 1.